The molecule has 0 unspecified atom stereocenters. The summed E-state index contributed by atoms with van der Waals surface area (Å²) in [6.45, 7) is 1.65. The molecule has 1 heterocycles. The number of esters is 1. The lowest BCUT2D eigenvalue weighted by atomic mass is 10.1. The van der Waals surface area contributed by atoms with Crippen LogP contribution in [0.4, 0.5) is 13.2 Å². The predicted molar refractivity (Wildman–Crippen MR) is 75.3 cm³/mol. The fourth-order valence-electron chi connectivity index (χ4n) is 2.23. The lowest BCUT2D eigenvalue weighted by Crippen LogP contribution is -2.11. The van der Waals surface area contributed by atoms with Crippen LogP contribution in [0.5, 0.6) is 5.75 Å². The van der Waals surface area contributed by atoms with E-state index in [0.717, 1.165) is 4.68 Å². The van der Waals surface area contributed by atoms with Crippen molar-refractivity contribution in [1.82, 2.24) is 9.78 Å². The number of aromatic nitrogens is 2. The molecule has 2 aromatic rings. The highest BCUT2D eigenvalue weighted by atomic mass is 19.4. The van der Waals surface area contributed by atoms with Crippen molar-refractivity contribution in [3.8, 4) is 11.4 Å². The third-order valence-corrected chi connectivity index (χ3v) is 3.33. The molecule has 124 valence electrons. The maximum absolute atomic E-state index is 13.1. The van der Waals surface area contributed by atoms with Crippen molar-refractivity contribution in [2.24, 2.45) is 0 Å². The third kappa shape index (κ3) is 3.64. The number of ether oxygens (including phenoxy) is 1. The third-order valence-electron chi connectivity index (χ3n) is 3.33. The van der Waals surface area contributed by atoms with Gasteiger partial charge >= 0.3 is 12.1 Å². The Bertz CT molecular complexity index is 703. The zero-order valence-electron chi connectivity index (χ0n) is 12.5. The summed E-state index contributed by atoms with van der Waals surface area (Å²) in [7, 11) is 1.17. The van der Waals surface area contributed by atoms with Gasteiger partial charge in [-0.15, -0.1) is 0 Å². The van der Waals surface area contributed by atoms with Gasteiger partial charge in [0.15, 0.2) is 5.69 Å². The maximum atomic E-state index is 13.1. The predicted octanol–water partition coefficient (Wildman–Crippen LogP) is 3.01. The van der Waals surface area contributed by atoms with Crippen molar-refractivity contribution in [3.63, 3.8) is 0 Å². The van der Waals surface area contributed by atoms with E-state index < -0.39 is 17.8 Å². The summed E-state index contributed by atoms with van der Waals surface area (Å²) >= 11 is 0. The number of halogens is 3. The van der Waals surface area contributed by atoms with Crippen LogP contribution in [0.1, 0.15) is 23.2 Å². The number of nitrogens with zero attached hydrogens (tertiary/aromatic N) is 2. The minimum Gasteiger partial charge on any atom is -0.506 e. The van der Waals surface area contributed by atoms with Gasteiger partial charge in [-0.2, -0.15) is 18.3 Å². The molecule has 0 aliphatic rings. The fourth-order valence-corrected chi connectivity index (χ4v) is 2.23. The van der Waals surface area contributed by atoms with Gasteiger partial charge in [-0.05, 0) is 25.0 Å². The molecule has 0 saturated carbocycles. The number of rotatable bonds is 4. The van der Waals surface area contributed by atoms with Gasteiger partial charge in [0.1, 0.15) is 11.4 Å². The molecule has 0 saturated heterocycles. The molecule has 23 heavy (non-hydrogen) atoms. The first-order valence-corrected chi connectivity index (χ1v) is 6.75. The first-order valence-electron chi connectivity index (χ1n) is 6.75. The Labute approximate surface area is 130 Å². The van der Waals surface area contributed by atoms with Gasteiger partial charge in [-0.1, -0.05) is 12.1 Å². The number of hydrogen-bond acceptors (Lipinski definition) is 4. The van der Waals surface area contributed by atoms with Crippen molar-refractivity contribution in [3.05, 3.63) is 41.2 Å². The molecule has 0 radical (unpaired) electrons. The van der Waals surface area contributed by atoms with Gasteiger partial charge in [-0.3, -0.25) is 4.79 Å². The maximum Gasteiger partial charge on any atom is 0.435 e. The van der Waals surface area contributed by atoms with Gasteiger partial charge in [-0.25, -0.2) is 4.68 Å². The molecular formula is C15H15F3N2O3. The van der Waals surface area contributed by atoms with Gasteiger partial charge < -0.3 is 9.84 Å². The van der Waals surface area contributed by atoms with Crippen molar-refractivity contribution >= 4 is 5.97 Å². The molecule has 0 aliphatic heterocycles. The Morgan fingerprint density at radius 1 is 1.39 bits per heavy atom. The highest BCUT2D eigenvalue weighted by Gasteiger charge is 2.37. The van der Waals surface area contributed by atoms with E-state index in [1.165, 1.54) is 19.4 Å². The molecular weight excluding hydrogens is 313 g/mol. The summed E-state index contributed by atoms with van der Waals surface area (Å²) in [6.07, 6.45) is -3.83. The van der Waals surface area contributed by atoms with Gasteiger partial charge in [0.2, 0.25) is 0 Å². The van der Waals surface area contributed by atoms with Crippen molar-refractivity contribution < 1.29 is 27.8 Å². The summed E-state index contributed by atoms with van der Waals surface area (Å²) < 4.78 is 44.8. The molecule has 5 nitrogen and oxygen atoms in total. The van der Waals surface area contributed by atoms with E-state index in [4.69, 9.17) is 0 Å². The van der Waals surface area contributed by atoms with Crippen molar-refractivity contribution in [1.29, 1.82) is 0 Å². The lowest BCUT2D eigenvalue weighted by molar-refractivity contribution is -0.143. The molecule has 0 fully saturated rings. The second-order valence-corrected chi connectivity index (χ2v) is 4.96. The summed E-state index contributed by atoms with van der Waals surface area (Å²) in [5.41, 5.74) is -0.474. The molecule has 0 atom stereocenters. The largest absolute Gasteiger partial charge is 0.506 e. The molecule has 0 spiro atoms. The summed E-state index contributed by atoms with van der Waals surface area (Å²) in [5.74, 6) is -0.787. The van der Waals surface area contributed by atoms with Crippen LogP contribution in [0.2, 0.25) is 0 Å². The summed E-state index contributed by atoms with van der Waals surface area (Å²) in [4.78, 5) is 11.2. The number of para-hydroxylation sites is 1. The van der Waals surface area contributed by atoms with Gasteiger partial charge in [0.25, 0.3) is 0 Å². The van der Waals surface area contributed by atoms with E-state index in [2.05, 4.69) is 9.84 Å². The van der Waals surface area contributed by atoms with E-state index in [9.17, 15) is 23.1 Å². The number of alkyl halides is 3. The SMILES string of the molecule is COC(=O)CCc1cn(-c2c(C)cccc2O)nc1C(F)(F)F. The molecule has 0 amide bonds. The van der Waals surface area contributed by atoms with Gasteiger partial charge in [0, 0.05) is 18.2 Å². The average Bonchev–Trinajstić information content (AvgIpc) is 2.88. The second kappa shape index (κ2) is 6.31. The van der Waals surface area contributed by atoms with Crippen LogP contribution in [-0.2, 0) is 22.1 Å². The van der Waals surface area contributed by atoms with E-state index >= 15 is 0 Å². The van der Waals surface area contributed by atoms with Crippen LogP contribution in [0, 0.1) is 6.92 Å². The van der Waals surface area contributed by atoms with Crippen LogP contribution in [0.3, 0.4) is 0 Å². The zero-order chi connectivity index (χ0) is 17.2. The van der Waals surface area contributed by atoms with Crippen LogP contribution in [-0.4, -0.2) is 28.0 Å². The van der Waals surface area contributed by atoms with E-state index in [-0.39, 0.29) is 29.8 Å². The second-order valence-electron chi connectivity index (χ2n) is 4.96. The first kappa shape index (κ1) is 16.9. The number of aryl methyl sites for hydroxylation is 2. The van der Waals surface area contributed by atoms with Crippen molar-refractivity contribution in [2.45, 2.75) is 25.9 Å². The Hall–Kier alpha value is -2.51. The average molecular weight is 328 g/mol. The Morgan fingerprint density at radius 3 is 2.65 bits per heavy atom. The fraction of sp³-hybridized carbons (Fsp3) is 0.333. The number of hydrogen-bond donors (Lipinski definition) is 1. The molecule has 8 heteroatoms. The Kier molecular flexibility index (Phi) is 4.63. The Morgan fingerprint density at radius 2 is 2.09 bits per heavy atom. The molecule has 0 bridgehead atoms. The lowest BCUT2D eigenvalue weighted by Gasteiger charge is -2.08. The molecule has 1 N–H and O–H groups in total. The van der Waals surface area contributed by atoms with Gasteiger partial charge in [0.05, 0.1) is 7.11 Å². The summed E-state index contributed by atoms with van der Waals surface area (Å²) in [5, 5.41) is 13.4. The Balaban J connectivity index is 2.47. The number of benzene rings is 1. The number of methoxy groups -OCH3 is 1. The van der Waals surface area contributed by atoms with E-state index in [0.29, 0.717) is 5.56 Å². The highest BCUT2D eigenvalue weighted by molar-refractivity contribution is 5.69. The van der Waals surface area contributed by atoms with Crippen LogP contribution >= 0.6 is 0 Å². The number of carbonyl (C=O) groups excluding carboxylic acids is 1. The highest BCUT2D eigenvalue weighted by Crippen LogP contribution is 2.33. The normalized spacial score (nSPS) is 11.5. The number of carbonyl (C=O) groups is 1. The minimum absolute atomic E-state index is 0.134. The molecule has 1 aromatic carbocycles. The van der Waals surface area contributed by atoms with E-state index in [1.807, 2.05) is 0 Å². The zero-order valence-corrected chi connectivity index (χ0v) is 12.5. The van der Waals surface area contributed by atoms with Crippen LogP contribution in [0.15, 0.2) is 24.4 Å². The van der Waals surface area contributed by atoms with Crippen molar-refractivity contribution in [2.75, 3.05) is 7.11 Å². The summed E-state index contributed by atoms with van der Waals surface area (Å²) in [6, 6.07) is 4.60. The number of aromatic hydroxyl groups is 1. The minimum atomic E-state index is -4.66. The quantitative estimate of drug-likeness (QED) is 0.876. The monoisotopic (exact) mass is 328 g/mol. The molecule has 2 rings (SSSR count). The number of phenols is 1. The first-order chi connectivity index (χ1) is 10.7. The topological polar surface area (TPSA) is 64.3 Å². The number of phenolic OH excluding ortho intramolecular Hbond substituents is 1. The van der Waals surface area contributed by atoms with Crippen LogP contribution in [0.25, 0.3) is 5.69 Å². The standard InChI is InChI=1S/C15H15F3N2O3/c1-9-4-3-5-11(21)13(9)20-8-10(6-7-12(22)23-2)14(19-20)15(16,17)18/h3-5,8,21H,6-7H2,1-2H3. The van der Waals surface area contributed by atoms with Crippen LogP contribution < -0.4 is 0 Å². The smallest absolute Gasteiger partial charge is 0.435 e. The molecule has 1 aromatic heterocycles. The van der Waals surface area contributed by atoms with E-state index in [1.54, 1.807) is 19.1 Å². The molecule has 0 aliphatic carbocycles.